The molecule has 40 heavy (non-hydrogen) atoms. The van der Waals surface area contributed by atoms with Crippen molar-refractivity contribution >= 4 is 28.9 Å². The van der Waals surface area contributed by atoms with Gasteiger partial charge in [0.1, 0.15) is 23.0 Å². The van der Waals surface area contributed by atoms with Crippen LogP contribution in [-0.2, 0) is 9.53 Å². The van der Waals surface area contributed by atoms with E-state index in [9.17, 15) is 9.59 Å². The average molecular weight is 548 g/mol. The van der Waals surface area contributed by atoms with Crippen LogP contribution in [0.2, 0.25) is 0 Å². The quantitative estimate of drug-likeness (QED) is 0.496. The number of pyridine rings is 2. The monoisotopic (exact) mass is 547 g/mol. The summed E-state index contributed by atoms with van der Waals surface area (Å²) in [6.45, 7) is 10.8. The van der Waals surface area contributed by atoms with Gasteiger partial charge in [-0.05, 0) is 58.7 Å². The van der Waals surface area contributed by atoms with Crippen LogP contribution in [0.5, 0.6) is 5.88 Å². The van der Waals surface area contributed by atoms with Crippen LogP contribution in [0.1, 0.15) is 53.0 Å². The first-order valence-electron chi connectivity index (χ1n) is 14.1. The van der Waals surface area contributed by atoms with E-state index in [0.717, 1.165) is 41.0 Å². The summed E-state index contributed by atoms with van der Waals surface area (Å²) >= 11 is 0. The molecule has 1 aliphatic carbocycles. The minimum Gasteiger partial charge on any atom is -0.473 e. The number of anilines is 1. The molecule has 1 saturated carbocycles. The maximum Gasteiger partial charge on any atom is 0.410 e. The third kappa shape index (κ3) is 5.55. The van der Waals surface area contributed by atoms with E-state index < -0.39 is 5.60 Å². The summed E-state index contributed by atoms with van der Waals surface area (Å²) < 4.78 is 14.1. The van der Waals surface area contributed by atoms with Crippen molar-refractivity contribution in [3.63, 3.8) is 0 Å². The number of nitrogens with zero attached hydrogens (tertiary/aromatic N) is 6. The Bertz CT molecular complexity index is 1400. The van der Waals surface area contributed by atoms with Gasteiger partial charge in [-0.15, -0.1) is 0 Å². The Morgan fingerprint density at radius 3 is 2.52 bits per heavy atom. The van der Waals surface area contributed by atoms with Gasteiger partial charge in [0.2, 0.25) is 11.8 Å². The molecule has 1 N–H and O–H groups in total. The van der Waals surface area contributed by atoms with Gasteiger partial charge in [0, 0.05) is 62.9 Å². The fourth-order valence-electron chi connectivity index (χ4n) is 5.29. The van der Waals surface area contributed by atoms with Crippen LogP contribution in [0.3, 0.4) is 0 Å². The van der Waals surface area contributed by atoms with Crippen molar-refractivity contribution in [2.24, 2.45) is 5.92 Å². The van der Waals surface area contributed by atoms with Crippen LogP contribution in [0.15, 0.2) is 30.7 Å². The van der Waals surface area contributed by atoms with Crippen molar-refractivity contribution in [3.8, 4) is 17.1 Å². The Hall–Kier alpha value is -3.89. The van der Waals surface area contributed by atoms with Crippen molar-refractivity contribution < 1.29 is 19.1 Å². The molecule has 212 valence electrons. The number of imidazole rings is 1. The highest BCUT2D eigenvalue weighted by Gasteiger charge is 2.31. The zero-order chi connectivity index (χ0) is 28.0. The molecule has 3 fully saturated rings. The number of piperazine rings is 1. The van der Waals surface area contributed by atoms with E-state index in [0.29, 0.717) is 51.1 Å². The first kappa shape index (κ1) is 26.3. The molecule has 3 aliphatic rings. The van der Waals surface area contributed by atoms with Crippen molar-refractivity contribution in [3.05, 3.63) is 30.7 Å². The lowest BCUT2D eigenvalue weighted by atomic mass is 10.0. The topological polar surface area (TPSA) is 115 Å². The molecule has 2 saturated heterocycles. The summed E-state index contributed by atoms with van der Waals surface area (Å²) in [7, 11) is 0. The molecule has 3 aromatic heterocycles. The van der Waals surface area contributed by atoms with Gasteiger partial charge in [-0.1, -0.05) is 0 Å². The van der Waals surface area contributed by atoms with Crippen LogP contribution in [0.25, 0.3) is 22.3 Å². The number of carbonyl (C=O) groups excluding carboxylic acids is 2. The largest absolute Gasteiger partial charge is 0.473 e. The Morgan fingerprint density at radius 2 is 1.90 bits per heavy atom. The maximum absolute atomic E-state index is 12.4. The molecular formula is C29H37N7O4. The third-order valence-electron chi connectivity index (χ3n) is 7.73. The Labute approximate surface area is 233 Å². The summed E-state index contributed by atoms with van der Waals surface area (Å²) in [4.78, 5) is 42.5. The van der Waals surface area contributed by atoms with E-state index in [4.69, 9.17) is 19.4 Å². The SMILES string of the molecule is C[C@@H](Oc1nc(-c2ccc(N3CCN(C(=O)OC(C)(C)C)CC3)nc2)cc2ncn(C3CC3)c12)[C@H]1CNC(=O)C1. The van der Waals surface area contributed by atoms with E-state index in [-0.39, 0.29) is 24.0 Å². The van der Waals surface area contributed by atoms with Gasteiger partial charge in [0.25, 0.3) is 0 Å². The number of fused-ring (bicyclic) bond motifs is 1. The molecule has 2 amide bonds. The van der Waals surface area contributed by atoms with Crippen LogP contribution < -0.4 is 15.0 Å². The molecule has 0 aromatic carbocycles. The zero-order valence-electron chi connectivity index (χ0n) is 23.6. The smallest absolute Gasteiger partial charge is 0.410 e. The van der Waals surface area contributed by atoms with Gasteiger partial charge in [-0.3, -0.25) is 4.79 Å². The molecule has 0 unspecified atom stereocenters. The van der Waals surface area contributed by atoms with Crippen LogP contribution in [-0.4, -0.2) is 80.8 Å². The van der Waals surface area contributed by atoms with E-state index >= 15 is 0 Å². The second kappa shape index (κ2) is 10.3. The molecule has 2 atom stereocenters. The number of hydrogen-bond acceptors (Lipinski definition) is 8. The maximum atomic E-state index is 12.4. The zero-order valence-corrected chi connectivity index (χ0v) is 23.6. The fourth-order valence-corrected chi connectivity index (χ4v) is 5.29. The van der Waals surface area contributed by atoms with Gasteiger partial charge < -0.3 is 29.2 Å². The lowest BCUT2D eigenvalue weighted by Crippen LogP contribution is -2.50. The normalized spacial score (nSPS) is 20.5. The molecule has 5 heterocycles. The first-order chi connectivity index (χ1) is 19.1. The Kier molecular flexibility index (Phi) is 6.75. The molecule has 3 aromatic rings. The summed E-state index contributed by atoms with van der Waals surface area (Å²) in [5, 5.41) is 2.90. The highest BCUT2D eigenvalue weighted by molar-refractivity contribution is 5.85. The molecule has 11 heteroatoms. The number of amides is 2. The lowest BCUT2D eigenvalue weighted by Gasteiger charge is -2.36. The molecule has 0 spiro atoms. The molecule has 0 bridgehead atoms. The molecule has 11 nitrogen and oxygen atoms in total. The summed E-state index contributed by atoms with van der Waals surface area (Å²) in [5.41, 5.74) is 2.85. The van der Waals surface area contributed by atoms with Gasteiger partial charge in [-0.25, -0.2) is 19.7 Å². The number of carbonyl (C=O) groups is 2. The number of ether oxygens (including phenoxy) is 2. The van der Waals surface area contributed by atoms with Gasteiger partial charge in [0.15, 0.2) is 0 Å². The molecule has 0 radical (unpaired) electrons. The summed E-state index contributed by atoms with van der Waals surface area (Å²) in [6, 6.07) is 6.43. The van der Waals surface area contributed by atoms with E-state index in [1.165, 1.54) is 0 Å². The third-order valence-corrected chi connectivity index (χ3v) is 7.73. The predicted molar refractivity (Wildman–Crippen MR) is 150 cm³/mol. The standard InChI is InChI=1S/C29H37N7O4/c1-18(20-13-25(37)31-16-20)39-27-26-23(32-17-36(26)21-6-7-21)14-22(33-27)19-5-8-24(30-15-19)34-9-11-35(12-10-34)28(38)40-29(2,3)4/h5,8,14-15,17-18,20-21H,6-7,9-13,16H2,1-4H3,(H,31,37)/t18-,20-/m1/s1. The number of hydrogen-bond donors (Lipinski definition) is 1. The minimum absolute atomic E-state index is 0.0627. The highest BCUT2D eigenvalue weighted by Crippen LogP contribution is 2.40. The minimum atomic E-state index is -0.506. The summed E-state index contributed by atoms with van der Waals surface area (Å²) in [6.07, 6.45) is 5.97. The lowest BCUT2D eigenvalue weighted by molar-refractivity contribution is -0.119. The van der Waals surface area contributed by atoms with Crippen LogP contribution in [0, 0.1) is 5.92 Å². The number of rotatable bonds is 6. The first-order valence-corrected chi connectivity index (χ1v) is 14.1. The van der Waals surface area contributed by atoms with Crippen molar-refractivity contribution in [2.75, 3.05) is 37.6 Å². The van der Waals surface area contributed by atoms with Crippen molar-refractivity contribution in [1.82, 2.24) is 29.7 Å². The summed E-state index contributed by atoms with van der Waals surface area (Å²) in [5.74, 6) is 1.57. The Balaban J connectivity index is 1.20. The van der Waals surface area contributed by atoms with E-state index in [1.807, 2.05) is 58.4 Å². The fraction of sp³-hybridized carbons (Fsp3) is 0.552. The van der Waals surface area contributed by atoms with Crippen molar-refractivity contribution in [2.45, 2.75) is 64.7 Å². The van der Waals surface area contributed by atoms with Gasteiger partial charge >= 0.3 is 6.09 Å². The average Bonchev–Trinajstić information content (AvgIpc) is 3.52. The highest BCUT2D eigenvalue weighted by atomic mass is 16.6. The van der Waals surface area contributed by atoms with Crippen molar-refractivity contribution in [1.29, 1.82) is 0 Å². The predicted octanol–water partition coefficient (Wildman–Crippen LogP) is 3.79. The molecule has 2 aliphatic heterocycles. The van der Waals surface area contributed by atoms with Gasteiger partial charge in [-0.2, -0.15) is 0 Å². The number of nitrogens with one attached hydrogen (secondary N) is 1. The number of aromatic nitrogens is 4. The van der Waals surface area contributed by atoms with Gasteiger partial charge in [0.05, 0.1) is 17.5 Å². The van der Waals surface area contributed by atoms with E-state index in [1.54, 1.807) is 4.90 Å². The second-order valence-electron chi connectivity index (χ2n) is 12.0. The molecular weight excluding hydrogens is 510 g/mol. The van der Waals surface area contributed by atoms with Crippen LogP contribution in [0.4, 0.5) is 10.6 Å². The van der Waals surface area contributed by atoms with Crippen LogP contribution >= 0.6 is 0 Å². The molecule has 6 rings (SSSR count). The Morgan fingerprint density at radius 1 is 1.12 bits per heavy atom. The van der Waals surface area contributed by atoms with E-state index in [2.05, 4.69) is 19.8 Å². The second-order valence-corrected chi connectivity index (χ2v) is 12.0.